The van der Waals surface area contributed by atoms with Gasteiger partial charge in [-0.3, -0.25) is 0 Å². The highest BCUT2D eigenvalue weighted by Gasteiger charge is 2.55. The van der Waals surface area contributed by atoms with Crippen molar-refractivity contribution in [2.75, 3.05) is 4.90 Å². The summed E-state index contributed by atoms with van der Waals surface area (Å²) in [6.07, 6.45) is 9.82. The summed E-state index contributed by atoms with van der Waals surface area (Å²) in [7, 11) is 0. The zero-order valence-electron chi connectivity index (χ0n) is 18.4. The van der Waals surface area contributed by atoms with E-state index < -0.39 is 0 Å². The Hall–Kier alpha value is -0.980. The van der Waals surface area contributed by atoms with Crippen LogP contribution in [0.2, 0.25) is 0 Å². The maximum Gasteiger partial charge on any atom is 0.0443 e. The van der Waals surface area contributed by atoms with Crippen LogP contribution in [0.15, 0.2) is 18.2 Å². The Bertz CT molecular complexity index is 593. The van der Waals surface area contributed by atoms with Crippen molar-refractivity contribution in [3.63, 3.8) is 0 Å². The van der Waals surface area contributed by atoms with Crippen LogP contribution in [0.3, 0.4) is 0 Å². The van der Waals surface area contributed by atoms with E-state index in [1.165, 1.54) is 44.9 Å². The predicted octanol–water partition coefficient (Wildman–Crippen LogP) is 7.65. The van der Waals surface area contributed by atoms with Crippen molar-refractivity contribution in [2.45, 2.75) is 117 Å². The molecule has 1 aliphatic heterocycles. The standard InChI is InChI=1S/C25H41N/c1-8-22-25(15-10-9-11-16-25)17-24(6,7)26(22)23-20(18(2)3)13-12-14-21(23)19(4)5/h12-14,18-19,22H,8-11,15-17H2,1-7H3. The SMILES string of the molecule is CCC1N(c2c(C(C)C)cccc2C(C)C)C(C)(C)CC12CCCCC2. The van der Waals surface area contributed by atoms with E-state index in [2.05, 4.69) is 71.6 Å². The van der Waals surface area contributed by atoms with E-state index in [9.17, 15) is 0 Å². The minimum atomic E-state index is 0.243. The topological polar surface area (TPSA) is 3.24 Å². The Labute approximate surface area is 162 Å². The summed E-state index contributed by atoms with van der Waals surface area (Å²) in [4.78, 5) is 2.91. The third-order valence-electron chi connectivity index (χ3n) is 7.27. The molecule has 1 atom stereocenters. The van der Waals surface area contributed by atoms with Crippen LogP contribution in [0.25, 0.3) is 0 Å². The number of rotatable bonds is 4. The van der Waals surface area contributed by atoms with Crippen LogP contribution in [0.4, 0.5) is 5.69 Å². The maximum absolute atomic E-state index is 2.91. The number of nitrogens with zero attached hydrogens (tertiary/aromatic N) is 1. The first kappa shape index (κ1) is 19.8. The van der Waals surface area contributed by atoms with Gasteiger partial charge in [-0.25, -0.2) is 0 Å². The minimum Gasteiger partial charge on any atom is -0.362 e. The Balaban J connectivity index is 2.18. The fourth-order valence-electron chi connectivity index (χ4n) is 6.39. The molecule has 0 radical (unpaired) electrons. The van der Waals surface area contributed by atoms with Gasteiger partial charge in [-0.05, 0) is 67.9 Å². The summed E-state index contributed by atoms with van der Waals surface area (Å²) in [6.45, 7) is 16.9. The van der Waals surface area contributed by atoms with Crippen molar-refractivity contribution in [2.24, 2.45) is 5.41 Å². The lowest BCUT2D eigenvalue weighted by Gasteiger charge is -2.44. The summed E-state index contributed by atoms with van der Waals surface area (Å²) in [6, 6.07) is 7.76. The van der Waals surface area contributed by atoms with Crippen LogP contribution in [0, 0.1) is 5.41 Å². The van der Waals surface area contributed by atoms with Gasteiger partial charge in [0.05, 0.1) is 0 Å². The fourth-order valence-corrected chi connectivity index (χ4v) is 6.39. The molecule has 1 aliphatic carbocycles. The smallest absolute Gasteiger partial charge is 0.0443 e. The van der Waals surface area contributed by atoms with E-state index >= 15 is 0 Å². The monoisotopic (exact) mass is 355 g/mol. The number of para-hydroxylation sites is 1. The van der Waals surface area contributed by atoms with Gasteiger partial charge in [0.15, 0.2) is 0 Å². The Morgan fingerprint density at radius 2 is 1.50 bits per heavy atom. The molecule has 0 amide bonds. The van der Waals surface area contributed by atoms with Gasteiger partial charge in [0.25, 0.3) is 0 Å². The van der Waals surface area contributed by atoms with Crippen molar-refractivity contribution < 1.29 is 0 Å². The van der Waals surface area contributed by atoms with Crippen molar-refractivity contribution in [3.05, 3.63) is 29.3 Å². The molecule has 2 fully saturated rings. The van der Waals surface area contributed by atoms with Gasteiger partial charge in [0.1, 0.15) is 0 Å². The van der Waals surface area contributed by atoms with E-state index in [4.69, 9.17) is 0 Å². The second-order valence-corrected chi connectivity index (χ2v) is 10.3. The molecule has 1 unspecified atom stereocenters. The average Bonchev–Trinajstić information content (AvgIpc) is 2.79. The molecule has 2 aliphatic rings. The van der Waals surface area contributed by atoms with Gasteiger partial charge in [0, 0.05) is 17.3 Å². The number of anilines is 1. The first-order valence-corrected chi connectivity index (χ1v) is 11.2. The van der Waals surface area contributed by atoms with Crippen molar-refractivity contribution in [1.29, 1.82) is 0 Å². The van der Waals surface area contributed by atoms with Gasteiger partial charge in [-0.15, -0.1) is 0 Å². The molecule has 1 heteroatoms. The van der Waals surface area contributed by atoms with Gasteiger partial charge in [0.2, 0.25) is 0 Å². The summed E-state index contributed by atoms with van der Waals surface area (Å²) in [5, 5.41) is 0. The summed E-state index contributed by atoms with van der Waals surface area (Å²) >= 11 is 0. The number of benzene rings is 1. The van der Waals surface area contributed by atoms with Crippen LogP contribution in [-0.2, 0) is 0 Å². The van der Waals surface area contributed by atoms with Crippen molar-refractivity contribution in [3.8, 4) is 0 Å². The molecule has 0 bridgehead atoms. The summed E-state index contributed by atoms with van der Waals surface area (Å²) in [5.41, 5.74) is 5.46. The normalized spacial score (nSPS) is 24.8. The summed E-state index contributed by atoms with van der Waals surface area (Å²) in [5.74, 6) is 1.14. The molecular formula is C25H41N. The van der Waals surface area contributed by atoms with Crippen molar-refractivity contribution >= 4 is 5.69 Å². The van der Waals surface area contributed by atoms with E-state index in [1.54, 1.807) is 16.8 Å². The third kappa shape index (κ3) is 3.20. The molecule has 146 valence electrons. The molecule has 1 aromatic carbocycles. The van der Waals surface area contributed by atoms with Gasteiger partial charge in [-0.1, -0.05) is 72.1 Å². The highest BCUT2D eigenvalue weighted by Crippen LogP contribution is 2.58. The molecule has 1 spiro atoms. The molecule has 1 aromatic rings. The first-order chi connectivity index (χ1) is 12.2. The molecule has 1 heterocycles. The lowest BCUT2D eigenvalue weighted by molar-refractivity contribution is 0.161. The molecule has 0 aromatic heterocycles. The molecule has 1 saturated heterocycles. The zero-order chi connectivity index (χ0) is 19.1. The van der Waals surface area contributed by atoms with E-state index in [0.29, 0.717) is 23.3 Å². The maximum atomic E-state index is 2.91. The molecule has 1 saturated carbocycles. The minimum absolute atomic E-state index is 0.243. The zero-order valence-corrected chi connectivity index (χ0v) is 18.4. The first-order valence-electron chi connectivity index (χ1n) is 11.2. The quantitative estimate of drug-likeness (QED) is 0.536. The largest absolute Gasteiger partial charge is 0.362 e. The molecular weight excluding hydrogens is 314 g/mol. The second-order valence-electron chi connectivity index (χ2n) is 10.3. The van der Waals surface area contributed by atoms with E-state index in [-0.39, 0.29) is 5.54 Å². The Kier molecular flexibility index (Phi) is 5.48. The fraction of sp³-hybridized carbons (Fsp3) is 0.760. The Morgan fingerprint density at radius 1 is 0.962 bits per heavy atom. The Morgan fingerprint density at radius 3 is 1.96 bits per heavy atom. The van der Waals surface area contributed by atoms with Gasteiger partial charge in [-0.2, -0.15) is 0 Å². The van der Waals surface area contributed by atoms with Crippen molar-refractivity contribution in [1.82, 2.24) is 0 Å². The van der Waals surface area contributed by atoms with Crippen LogP contribution in [-0.4, -0.2) is 11.6 Å². The average molecular weight is 356 g/mol. The van der Waals surface area contributed by atoms with Crippen LogP contribution >= 0.6 is 0 Å². The van der Waals surface area contributed by atoms with E-state index in [0.717, 1.165) is 0 Å². The van der Waals surface area contributed by atoms with Crippen LogP contribution in [0.1, 0.15) is 116 Å². The highest BCUT2D eigenvalue weighted by molar-refractivity contribution is 5.65. The highest BCUT2D eigenvalue weighted by atomic mass is 15.3. The molecule has 1 nitrogen and oxygen atoms in total. The van der Waals surface area contributed by atoms with Gasteiger partial charge >= 0.3 is 0 Å². The number of hydrogen-bond donors (Lipinski definition) is 0. The van der Waals surface area contributed by atoms with E-state index in [1.807, 2.05) is 0 Å². The predicted molar refractivity (Wildman–Crippen MR) is 115 cm³/mol. The molecule has 0 N–H and O–H groups in total. The lowest BCUT2D eigenvalue weighted by atomic mass is 9.67. The molecule has 26 heavy (non-hydrogen) atoms. The lowest BCUT2D eigenvalue weighted by Crippen LogP contribution is -2.46. The van der Waals surface area contributed by atoms with Crippen LogP contribution < -0.4 is 4.90 Å². The van der Waals surface area contributed by atoms with Gasteiger partial charge < -0.3 is 4.90 Å². The summed E-state index contributed by atoms with van der Waals surface area (Å²) < 4.78 is 0. The van der Waals surface area contributed by atoms with Crippen LogP contribution in [0.5, 0.6) is 0 Å². The molecule has 3 rings (SSSR count). The number of hydrogen-bond acceptors (Lipinski definition) is 1. The second kappa shape index (κ2) is 7.21. The third-order valence-corrected chi connectivity index (χ3v) is 7.27.